The molecule has 5 nitrogen and oxygen atoms in total. The van der Waals surface area contributed by atoms with Crippen molar-refractivity contribution in [1.82, 2.24) is 10.3 Å². The van der Waals surface area contributed by atoms with Gasteiger partial charge in [0, 0.05) is 38.0 Å². The van der Waals surface area contributed by atoms with Crippen molar-refractivity contribution < 1.29 is 9.53 Å². The van der Waals surface area contributed by atoms with Gasteiger partial charge in [-0.05, 0) is 23.8 Å². The Hall–Kier alpha value is -2.56. The third-order valence-corrected chi connectivity index (χ3v) is 2.78. The predicted octanol–water partition coefficient (Wildman–Crippen LogP) is 2.21. The predicted molar refractivity (Wildman–Crippen MR) is 82.2 cm³/mol. The zero-order valence-corrected chi connectivity index (χ0v) is 12.0. The summed E-state index contributed by atoms with van der Waals surface area (Å²) < 4.78 is 5.61. The summed E-state index contributed by atoms with van der Waals surface area (Å²) in [6, 6.07) is 13.6. The summed E-state index contributed by atoms with van der Waals surface area (Å²) in [6.07, 6.45) is 1.70. The van der Waals surface area contributed by atoms with Crippen LogP contribution in [0.4, 0.5) is 5.69 Å². The van der Waals surface area contributed by atoms with E-state index in [9.17, 15) is 4.79 Å². The third kappa shape index (κ3) is 5.52. The number of anilines is 1. The molecular weight excluding hydrogens is 266 g/mol. The minimum absolute atomic E-state index is 0.0192. The van der Waals surface area contributed by atoms with E-state index >= 15 is 0 Å². The van der Waals surface area contributed by atoms with Gasteiger partial charge in [-0.2, -0.15) is 0 Å². The maximum absolute atomic E-state index is 10.8. The minimum atomic E-state index is -0.0192. The third-order valence-electron chi connectivity index (χ3n) is 2.78. The Morgan fingerprint density at radius 1 is 1.19 bits per heavy atom. The van der Waals surface area contributed by atoms with Crippen molar-refractivity contribution in [3.63, 3.8) is 0 Å². The number of benzene rings is 1. The highest BCUT2D eigenvalue weighted by molar-refractivity contribution is 5.72. The van der Waals surface area contributed by atoms with E-state index in [2.05, 4.69) is 15.6 Å². The van der Waals surface area contributed by atoms with Crippen LogP contribution in [0.25, 0.3) is 0 Å². The topological polar surface area (TPSA) is 63.2 Å². The van der Waals surface area contributed by atoms with Gasteiger partial charge in [-0.15, -0.1) is 0 Å². The highest BCUT2D eigenvalue weighted by atomic mass is 16.5. The van der Waals surface area contributed by atoms with E-state index in [-0.39, 0.29) is 5.91 Å². The smallest absolute Gasteiger partial charge is 0.216 e. The van der Waals surface area contributed by atoms with Crippen LogP contribution in [0.3, 0.4) is 0 Å². The lowest BCUT2D eigenvalue weighted by Crippen LogP contribution is -2.26. The molecule has 0 saturated heterocycles. The molecule has 0 fully saturated rings. The molecule has 5 heteroatoms. The SMILES string of the molecule is CC(=O)NCCNc1cccc(COc2ccccn2)c1. The van der Waals surface area contributed by atoms with Gasteiger partial charge < -0.3 is 15.4 Å². The largest absolute Gasteiger partial charge is 0.473 e. The summed E-state index contributed by atoms with van der Waals surface area (Å²) in [5, 5.41) is 6.00. The number of carbonyl (C=O) groups excluding carboxylic acids is 1. The molecule has 0 aliphatic rings. The lowest BCUT2D eigenvalue weighted by molar-refractivity contribution is -0.118. The van der Waals surface area contributed by atoms with Crippen molar-refractivity contribution in [3.05, 3.63) is 54.2 Å². The molecule has 1 aromatic heterocycles. The summed E-state index contributed by atoms with van der Waals surface area (Å²) in [4.78, 5) is 14.9. The van der Waals surface area contributed by atoms with Crippen LogP contribution in [0, 0.1) is 0 Å². The molecule has 2 N–H and O–H groups in total. The van der Waals surface area contributed by atoms with Gasteiger partial charge in [-0.3, -0.25) is 4.79 Å². The molecule has 2 rings (SSSR count). The molecule has 0 aliphatic carbocycles. The van der Waals surface area contributed by atoms with E-state index in [1.54, 1.807) is 6.20 Å². The van der Waals surface area contributed by atoms with Crippen molar-refractivity contribution in [1.29, 1.82) is 0 Å². The van der Waals surface area contributed by atoms with Crippen LogP contribution in [0.1, 0.15) is 12.5 Å². The second kappa shape index (κ2) is 7.89. The molecule has 0 atom stereocenters. The Labute approximate surface area is 124 Å². The van der Waals surface area contributed by atoms with Gasteiger partial charge in [-0.25, -0.2) is 4.98 Å². The fourth-order valence-corrected chi connectivity index (χ4v) is 1.81. The molecule has 0 aliphatic heterocycles. The monoisotopic (exact) mass is 285 g/mol. The van der Waals surface area contributed by atoms with Crippen molar-refractivity contribution >= 4 is 11.6 Å². The van der Waals surface area contributed by atoms with Gasteiger partial charge in [0.1, 0.15) is 6.61 Å². The molecule has 0 unspecified atom stereocenters. The number of hydrogen-bond donors (Lipinski definition) is 2. The van der Waals surface area contributed by atoms with E-state index < -0.39 is 0 Å². The van der Waals surface area contributed by atoms with E-state index in [0.29, 0.717) is 25.6 Å². The highest BCUT2D eigenvalue weighted by Crippen LogP contribution is 2.13. The van der Waals surface area contributed by atoms with Crippen LogP contribution < -0.4 is 15.4 Å². The van der Waals surface area contributed by atoms with Crippen LogP contribution in [0.5, 0.6) is 5.88 Å². The Morgan fingerprint density at radius 2 is 2.10 bits per heavy atom. The Bertz CT molecular complexity index is 573. The molecule has 0 bridgehead atoms. The van der Waals surface area contributed by atoms with Crippen LogP contribution in [0.15, 0.2) is 48.7 Å². The van der Waals surface area contributed by atoms with Crippen LogP contribution >= 0.6 is 0 Å². The molecule has 0 saturated carbocycles. The molecule has 1 amide bonds. The molecule has 1 aromatic carbocycles. The maximum Gasteiger partial charge on any atom is 0.216 e. The average Bonchev–Trinajstić information content (AvgIpc) is 2.51. The van der Waals surface area contributed by atoms with E-state index in [1.807, 2.05) is 42.5 Å². The van der Waals surface area contributed by atoms with Crippen molar-refractivity contribution in [2.24, 2.45) is 0 Å². The standard InChI is InChI=1S/C16H19N3O2/c1-13(20)17-9-10-18-15-6-4-5-14(11-15)12-21-16-7-2-3-8-19-16/h2-8,11,18H,9-10,12H2,1H3,(H,17,20). The van der Waals surface area contributed by atoms with Gasteiger partial charge in [0.25, 0.3) is 0 Å². The summed E-state index contributed by atoms with van der Waals surface area (Å²) >= 11 is 0. The number of nitrogens with zero attached hydrogens (tertiary/aromatic N) is 1. The number of amides is 1. The van der Waals surface area contributed by atoms with Crippen LogP contribution in [-0.4, -0.2) is 24.0 Å². The first-order valence-corrected chi connectivity index (χ1v) is 6.85. The molecule has 2 aromatic rings. The quantitative estimate of drug-likeness (QED) is 0.766. The van der Waals surface area contributed by atoms with Crippen LogP contribution in [0.2, 0.25) is 0 Å². The van der Waals surface area contributed by atoms with Gasteiger partial charge in [-0.1, -0.05) is 18.2 Å². The molecule has 0 radical (unpaired) electrons. The summed E-state index contributed by atoms with van der Waals surface area (Å²) in [5.74, 6) is 0.593. The zero-order chi connectivity index (χ0) is 14.9. The number of ether oxygens (including phenoxy) is 1. The summed E-state index contributed by atoms with van der Waals surface area (Å²) in [5.41, 5.74) is 2.06. The van der Waals surface area contributed by atoms with Gasteiger partial charge in [0.2, 0.25) is 11.8 Å². The van der Waals surface area contributed by atoms with Gasteiger partial charge >= 0.3 is 0 Å². The fourth-order valence-electron chi connectivity index (χ4n) is 1.81. The fraction of sp³-hybridized carbons (Fsp3) is 0.250. The van der Waals surface area contributed by atoms with Gasteiger partial charge in [0.05, 0.1) is 0 Å². The number of hydrogen-bond acceptors (Lipinski definition) is 4. The Balaban J connectivity index is 1.81. The normalized spacial score (nSPS) is 9.95. The maximum atomic E-state index is 10.8. The first-order valence-electron chi connectivity index (χ1n) is 6.85. The van der Waals surface area contributed by atoms with Crippen molar-refractivity contribution in [2.75, 3.05) is 18.4 Å². The number of nitrogens with one attached hydrogen (secondary N) is 2. The average molecular weight is 285 g/mol. The molecule has 0 spiro atoms. The highest BCUT2D eigenvalue weighted by Gasteiger charge is 1.98. The second-order valence-corrected chi connectivity index (χ2v) is 4.57. The van der Waals surface area contributed by atoms with E-state index in [0.717, 1.165) is 11.3 Å². The Kier molecular flexibility index (Phi) is 5.58. The van der Waals surface area contributed by atoms with Crippen molar-refractivity contribution in [2.45, 2.75) is 13.5 Å². The van der Waals surface area contributed by atoms with Crippen LogP contribution in [-0.2, 0) is 11.4 Å². The molecular formula is C16H19N3O2. The van der Waals surface area contributed by atoms with E-state index in [4.69, 9.17) is 4.74 Å². The second-order valence-electron chi connectivity index (χ2n) is 4.57. The number of carbonyl (C=O) groups is 1. The lowest BCUT2D eigenvalue weighted by Gasteiger charge is -2.09. The first kappa shape index (κ1) is 14.8. The summed E-state index contributed by atoms with van der Waals surface area (Å²) in [6.45, 7) is 3.27. The lowest BCUT2D eigenvalue weighted by atomic mass is 10.2. The van der Waals surface area contributed by atoms with E-state index in [1.165, 1.54) is 6.92 Å². The molecule has 21 heavy (non-hydrogen) atoms. The number of rotatable bonds is 7. The Morgan fingerprint density at radius 3 is 2.86 bits per heavy atom. The first-order chi connectivity index (χ1) is 10.2. The minimum Gasteiger partial charge on any atom is -0.473 e. The van der Waals surface area contributed by atoms with Gasteiger partial charge in [0.15, 0.2) is 0 Å². The van der Waals surface area contributed by atoms with Crippen molar-refractivity contribution in [3.8, 4) is 5.88 Å². The molecule has 110 valence electrons. The summed E-state index contributed by atoms with van der Waals surface area (Å²) in [7, 11) is 0. The molecule has 1 heterocycles. The number of pyridine rings is 1. The number of aromatic nitrogens is 1. The zero-order valence-electron chi connectivity index (χ0n) is 12.0.